The molecule has 2 aromatic carbocycles. The number of benzene rings is 2. The number of hydrogen-bond acceptors (Lipinski definition) is 4. The van der Waals surface area contributed by atoms with Crippen molar-refractivity contribution in [2.75, 3.05) is 19.1 Å². The van der Waals surface area contributed by atoms with Crippen LogP contribution in [0.1, 0.15) is 17.7 Å². The molecule has 3 aromatic rings. The van der Waals surface area contributed by atoms with Crippen molar-refractivity contribution in [3.8, 4) is 11.5 Å². The number of pyridine rings is 1. The highest BCUT2D eigenvalue weighted by molar-refractivity contribution is 9.10. The number of nitrogens with zero attached hydrogens (tertiary/aromatic N) is 2. The third-order valence-corrected chi connectivity index (χ3v) is 5.11. The van der Waals surface area contributed by atoms with Crippen LogP contribution in [0.15, 0.2) is 71.3 Å². The molecule has 0 radical (unpaired) electrons. The Morgan fingerprint density at radius 3 is 2.48 bits per heavy atom. The van der Waals surface area contributed by atoms with Crippen molar-refractivity contribution in [3.05, 3.63) is 82.6 Å². The van der Waals surface area contributed by atoms with E-state index >= 15 is 0 Å². The molecule has 0 saturated heterocycles. The van der Waals surface area contributed by atoms with Crippen LogP contribution in [0.2, 0.25) is 0 Å². The molecule has 0 atom stereocenters. The molecule has 0 unspecified atom stereocenters. The lowest BCUT2D eigenvalue weighted by Gasteiger charge is -2.23. The summed E-state index contributed by atoms with van der Waals surface area (Å²) in [6.07, 6.45) is 2.63. The van der Waals surface area contributed by atoms with Crippen LogP contribution in [0.25, 0.3) is 0 Å². The smallest absolute Gasteiger partial charge is 0.227 e. The second-order valence-corrected chi connectivity index (χ2v) is 7.37. The van der Waals surface area contributed by atoms with Crippen LogP contribution in [0.4, 0.5) is 5.69 Å². The van der Waals surface area contributed by atoms with Gasteiger partial charge in [-0.2, -0.15) is 0 Å². The van der Waals surface area contributed by atoms with Crippen LogP contribution in [-0.2, 0) is 17.8 Å². The lowest BCUT2D eigenvalue weighted by molar-refractivity contribution is -0.118. The topological polar surface area (TPSA) is 51.7 Å². The molecule has 5 nitrogen and oxygen atoms in total. The van der Waals surface area contributed by atoms with Gasteiger partial charge in [-0.25, -0.2) is 0 Å². The average Bonchev–Trinajstić information content (AvgIpc) is 2.77. The van der Waals surface area contributed by atoms with Crippen molar-refractivity contribution in [1.29, 1.82) is 0 Å². The molecule has 0 fully saturated rings. The predicted molar refractivity (Wildman–Crippen MR) is 117 cm³/mol. The fraction of sp³-hybridized carbons (Fsp3) is 0.217. The highest BCUT2D eigenvalue weighted by Crippen LogP contribution is 2.26. The number of carbonyl (C=O) groups excluding carboxylic acids is 1. The SMILES string of the molecule is COc1ccc(OC)c(CCC(=O)N(Cc2ccccn2)c2ccc(Br)cc2)c1. The van der Waals surface area contributed by atoms with Gasteiger partial charge in [-0.15, -0.1) is 0 Å². The van der Waals surface area contributed by atoms with Crippen LogP contribution in [-0.4, -0.2) is 25.1 Å². The van der Waals surface area contributed by atoms with E-state index in [9.17, 15) is 4.79 Å². The van der Waals surface area contributed by atoms with Gasteiger partial charge in [-0.1, -0.05) is 22.0 Å². The maximum Gasteiger partial charge on any atom is 0.227 e. The summed E-state index contributed by atoms with van der Waals surface area (Å²) in [7, 11) is 3.25. The second-order valence-electron chi connectivity index (χ2n) is 6.46. The zero-order valence-electron chi connectivity index (χ0n) is 16.5. The largest absolute Gasteiger partial charge is 0.497 e. The van der Waals surface area contributed by atoms with Crippen LogP contribution < -0.4 is 14.4 Å². The van der Waals surface area contributed by atoms with Crippen LogP contribution in [0, 0.1) is 0 Å². The number of methoxy groups -OCH3 is 2. The van der Waals surface area contributed by atoms with E-state index in [0.717, 1.165) is 32.9 Å². The summed E-state index contributed by atoms with van der Waals surface area (Å²) in [5, 5.41) is 0. The van der Waals surface area contributed by atoms with E-state index in [1.807, 2.05) is 60.7 Å². The summed E-state index contributed by atoms with van der Waals surface area (Å²) in [6, 6.07) is 19.0. The Kier molecular flexibility index (Phi) is 7.25. The Bertz CT molecular complexity index is 946. The monoisotopic (exact) mass is 454 g/mol. The minimum atomic E-state index is 0.0165. The lowest BCUT2D eigenvalue weighted by Crippen LogP contribution is -2.31. The van der Waals surface area contributed by atoms with Gasteiger partial charge in [0.05, 0.1) is 26.5 Å². The first kappa shape index (κ1) is 20.9. The van der Waals surface area contributed by atoms with Crippen molar-refractivity contribution >= 4 is 27.5 Å². The lowest BCUT2D eigenvalue weighted by atomic mass is 10.1. The maximum absolute atomic E-state index is 13.2. The van der Waals surface area contributed by atoms with Crippen molar-refractivity contribution in [1.82, 2.24) is 4.98 Å². The summed E-state index contributed by atoms with van der Waals surface area (Å²) >= 11 is 3.45. The van der Waals surface area contributed by atoms with E-state index < -0.39 is 0 Å². The molecule has 0 N–H and O–H groups in total. The van der Waals surface area contributed by atoms with Gasteiger partial charge in [0.2, 0.25) is 5.91 Å². The molecular weight excluding hydrogens is 432 g/mol. The molecule has 1 heterocycles. The molecule has 0 aliphatic rings. The molecule has 0 saturated carbocycles. The molecule has 0 bridgehead atoms. The van der Waals surface area contributed by atoms with E-state index in [-0.39, 0.29) is 5.91 Å². The van der Waals surface area contributed by atoms with Gasteiger partial charge in [0.25, 0.3) is 0 Å². The normalized spacial score (nSPS) is 10.4. The fourth-order valence-corrected chi connectivity index (χ4v) is 3.32. The van der Waals surface area contributed by atoms with Gasteiger partial charge in [0, 0.05) is 22.8 Å². The van der Waals surface area contributed by atoms with E-state index in [4.69, 9.17) is 9.47 Å². The van der Waals surface area contributed by atoms with Gasteiger partial charge in [0.1, 0.15) is 11.5 Å². The van der Waals surface area contributed by atoms with Crippen molar-refractivity contribution in [2.24, 2.45) is 0 Å². The fourth-order valence-electron chi connectivity index (χ4n) is 3.05. The number of amides is 1. The number of hydrogen-bond donors (Lipinski definition) is 0. The molecule has 0 aliphatic carbocycles. The zero-order valence-corrected chi connectivity index (χ0v) is 18.1. The molecule has 0 spiro atoms. The van der Waals surface area contributed by atoms with Crippen molar-refractivity contribution in [2.45, 2.75) is 19.4 Å². The van der Waals surface area contributed by atoms with Crippen molar-refractivity contribution < 1.29 is 14.3 Å². The van der Waals surface area contributed by atoms with E-state index in [1.165, 1.54) is 0 Å². The minimum Gasteiger partial charge on any atom is -0.497 e. The van der Waals surface area contributed by atoms with Crippen LogP contribution >= 0.6 is 15.9 Å². The first-order chi connectivity index (χ1) is 14.1. The van der Waals surface area contributed by atoms with Gasteiger partial charge < -0.3 is 14.4 Å². The number of aryl methyl sites for hydroxylation is 1. The quantitative estimate of drug-likeness (QED) is 0.478. The predicted octanol–water partition coefficient (Wildman–Crippen LogP) is 5.03. The number of anilines is 1. The van der Waals surface area contributed by atoms with Gasteiger partial charge in [0.15, 0.2) is 0 Å². The van der Waals surface area contributed by atoms with E-state index in [0.29, 0.717) is 19.4 Å². The Hall–Kier alpha value is -2.86. The van der Waals surface area contributed by atoms with Crippen molar-refractivity contribution in [3.63, 3.8) is 0 Å². The number of aromatic nitrogens is 1. The average molecular weight is 455 g/mol. The van der Waals surface area contributed by atoms with Gasteiger partial charge in [-0.3, -0.25) is 9.78 Å². The first-order valence-electron chi connectivity index (χ1n) is 9.27. The number of halogens is 1. The molecule has 3 rings (SSSR count). The molecule has 1 aromatic heterocycles. The standard InChI is InChI=1S/C23H23BrN2O3/c1-28-21-11-12-22(29-2)17(15-21)6-13-23(27)26(16-19-5-3-4-14-25-19)20-9-7-18(24)8-10-20/h3-5,7-12,14-15H,6,13,16H2,1-2H3. The Labute approximate surface area is 179 Å². The molecule has 150 valence electrons. The van der Waals surface area contributed by atoms with Crippen LogP contribution in [0.3, 0.4) is 0 Å². The Morgan fingerprint density at radius 2 is 1.83 bits per heavy atom. The summed E-state index contributed by atoms with van der Waals surface area (Å²) in [5.74, 6) is 1.51. The molecule has 6 heteroatoms. The molecular formula is C23H23BrN2O3. The zero-order chi connectivity index (χ0) is 20.6. The highest BCUT2D eigenvalue weighted by Gasteiger charge is 2.18. The third kappa shape index (κ3) is 5.57. The number of ether oxygens (including phenoxy) is 2. The minimum absolute atomic E-state index is 0.0165. The first-order valence-corrected chi connectivity index (χ1v) is 10.1. The second kappa shape index (κ2) is 10.1. The number of rotatable bonds is 8. The number of carbonyl (C=O) groups is 1. The Balaban J connectivity index is 1.80. The third-order valence-electron chi connectivity index (χ3n) is 4.58. The Morgan fingerprint density at radius 1 is 1.03 bits per heavy atom. The van der Waals surface area contributed by atoms with Crippen LogP contribution in [0.5, 0.6) is 11.5 Å². The van der Waals surface area contributed by atoms with E-state index in [1.54, 1.807) is 25.3 Å². The molecule has 1 amide bonds. The maximum atomic E-state index is 13.2. The molecule has 0 aliphatic heterocycles. The van der Waals surface area contributed by atoms with Gasteiger partial charge >= 0.3 is 0 Å². The summed E-state index contributed by atoms with van der Waals surface area (Å²) in [4.78, 5) is 19.3. The highest BCUT2D eigenvalue weighted by atomic mass is 79.9. The van der Waals surface area contributed by atoms with Gasteiger partial charge in [-0.05, 0) is 66.6 Å². The van der Waals surface area contributed by atoms with E-state index in [2.05, 4.69) is 20.9 Å². The summed E-state index contributed by atoms with van der Waals surface area (Å²) < 4.78 is 11.7. The molecule has 29 heavy (non-hydrogen) atoms. The summed E-state index contributed by atoms with van der Waals surface area (Å²) in [5.41, 5.74) is 2.61. The summed E-state index contributed by atoms with van der Waals surface area (Å²) in [6.45, 7) is 0.413.